The number of hydrogen-bond donors (Lipinski definition) is 1. The number of aromatic nitrogens is 3. The van der Waals surface area contributed by atoms with Crippen molar-refractivity contribution in [3.05, 3.63) is 51.1 Å². The third-order valence-electron chi connectivity index (χ3n) is 2.32. The summed E-state index contributed by atoms with van der Waals surface area (Å²) >= 11 is 3.33. The molecule has 2 aromatic rings. The van der Waals surface area contributed by atoms with E-state index in [9.17, 15) is 4.79 Å². The monoisotopic (exact) mass is 324 g/mol. The van der Waals surface area contributed by atoms with Crippen molar-refractivity contribution in [3.8, 4) is 5.75 Å². The summed E-state index contributed by atoms with van der Waals surface area (Å²) in [5.74, 6) is 0.430. The van der Waals surface area contributed by atoms with Crippen molar-refractivity contribution in [2.45, 2.75) is 6.54 Å². The third-order valence-corrected chi connectivity index (χ3v) is 2.76. The molecule has 0 unspecified atom stereocenters. The van der Waals surface area contributed by atoms with Gasteiger partial charge in [0, 0.05) is 29.5 Å². The summed E-state index contributed by atoms with van der Waals surface area (Å²) in [5, 5.41) is 4.05. The number of nitrogens with two attached hydrogens (primary N) is 1. The molecular weight excluding hydrogens is 312 g/mol. The van der Waals surface area contributed by atoms with Crippen molar-refractivity contribution in [2.75, 3.05) is 13.2 Å². The number of rotatable bonds is 5. The van der Waals surface area contributed by atoms with E-state index in [2.05, 4.69) is 26.0 Å². The predicted octanol–water partition coefficient (Wildman–Crippen LogP) is 0.787. The highest BCUT2D eigenvalue weighted by Gasteiger charge is 2.03. The van der Waals surface area contributed by atoms with Crippen LogP contribution in [-0.4, -0.2) is 27.9 Å². The summed E-state index contributed by atoms with van der Waals surface area (Å²) in [7, 11) is 0. The molecule has 0 radical (unpaired) electrons. The van der Waals surface area contributed by atoms with Crippen molar-refractivity contribution < 1.29 is 4.74 Å². The van der Waals surface area contributed by atoms with Gasteiger partial charge in [-0.3, -0.25) is 9.78 Å². The first-order chi connectivity index (χ1) is 9.19. The van der Waals surface area contributed by atoms with Gasteiger partial charge in [0.1, 0.15) is 12.4 Å². The average molecular weight is 325 g/mol. The van der Waals surface area contributed by atoms with Crippen molar-refractivity contribution in [3.63, 3.8) is 0 Å². The van der Waals surface area contributed by atoms with Crippen LogP contribution in [0.15, 0.2) is 40.0 Å². The zero-order valence-electron chi connectivity index (χ0n) is 10.1. The molecule has 0 aliphatic heterocycles. The summed E-state index contributed by atoms with van der Waals surface area (Å²) < 4.78 is 7.45. The molecule has 0 atom stereocenters. The van der Waals surface area contributed by atoms with Crippen LogP contribution in [0.5, 0.6) is 5.75 Å². The van der Waals surface area contributed by atoms with E-state index in [1.54, 1.807) is 12.4 Å². The van der Waals surface area contributed by atoms with Crippen molar-refractivity contribution in [2.24, 2.45) is 5.73 Å². The molecule has 2 aromatic heterocycles. The maximum absolute atomic E-state index is 11.8. The molecule has 0 spiro atoms. The molecule has 100 valence electrons. The molecule has 2 heterocycles. The zero-order valence-corrected chi connectivity index (χ0v) is 11.7. The fourth-order valence-corrected chi connectivity index (χ4v) is 1.92. The van der Waals surface area contributed by atoms with Crippen molar-refractivity contribution in [1.82, 2.24) is 14.8 Å². The van der Waals surface area contributed by atoms with E-state index in [4.69, 9.17) is 10.5 Å². The Morgan fingerprint density at radius 3 is 2.84 bits per heavy atom. The van der Waals surface area contributed by atoms with Crippen LogP contribution in [0.3, 0.4) is 0 Å². The standard InChI is InChI=1S/C12H13BrN4O2/c13-10-3-9(5-15-6-10)8-17-12(18)4-11(7-16-17)19-2-1-14/h3-7H,1-2,8,14H2. The zero-order chi connectivity index (χ0) is 13.7. The molecule has 0 aromatic carbocycles. The van der Waals surface area contributed by atoms with E-state index in [0.717, 1.165) is 10.0 Å². The lowest BCUT2D eigenvalue weighted by atomic mass is 10.3. The van der Waals surface area contributed by atoms with Gasteiger partial charge in [-0.05, 0) is 27.6 Å². The van der Waals surface area contributed by atoms with Crippen LogP contribution >= 0.6 is 15.9 Å². The summed E-state index contributed by atoms with van der Waals surface area (Å²) in [6.45, 7) is 1.12. The summed E-state index contributed by atoms with van der Waals surface area (Å²) in [5.41, 5.74) is 5.98. The quantitative estimate of drug-likeness (QED) is 0.879. The van der Waals surface area contributed by atoms with Crippen molar-refractivity contribution in [1.29, 1.82) is 0 Å². The molecule has 0 saturated heterocycles. The Balaban J connectivity index is 2.15. The van der Waals surface area contributed by atoms with Crippen LogP contribution < -0.4 is 16.0 Å². The van der Waals surface area contributed by atoms with E-state index in [1.807, 2.05) is 6.07 Å². The minimum absolute atomic E-state index is 0.227. The predicted molar refractivity (Wildman–Crippen MR) is 74.1 cm³/mol. The largest absolute Gasteiger partial charge is 0.490 e. The van der Waals surface area contributed by atoms with Crippen LogP contribution in [0, 0.1) is 0 Å². The maximum atomic E-state index is 11.8. The second-order valence-corrected chi connectivity index (χ2v) is 4.75. The molecule has 19 heavy (non-hydrogen) atoms. The first-order valence-electron chi connectivity index (χ1n) is 5.68. The molecule has 0 fully saturated rings. The van der Waals surface area contributed by atoms with Gasteiger partial charge in [0.05, 0.1) is 12.7 Å². The van der Waals surface area contributed by atoms with E-state index in [1.165, 1.54) is 16.9 Å². The smallest absolute Gasteiger partial charge is 0.270 e. The van der Waals surface area contributed by atoms with Gasteiger partial charge in [0.2, 0.25) is 0 Å². The molecule has 7 heteroatoms. The lowest BCUT2D eigenvalue weighted by Crippen LogP contribution is -2.23. The van der Waals surface area contributed by atoms with Gasteiger partial charge in [-0.15, -0.1) is 0 Å². The normalized spacial score (nSPS) is 10.4. The average Bonchev–Trinajstić information content (AvgIpc) is 2.39. The van der Waals surface area contributed by atoms with Gasteiger partial charge < -0.3 is 10.5 Å². The van der Waals surface area contributed by atoms with Gasteiger partial charge >= 0.3 is 0 Å². The Labute approximate surface area is 118 Å². The second kappa shape index (κ2) is 6.44. The van der Waals surface area contributed by atoms with Gasteiger partial charge in [-0.2, -0.15) is 5.10 Å². The van der Waals surface area contributed by atoms with Crippen LogP contribution in [0.4, 0.5) is 0 Å². The molecule has 0 bridgehead atoms. The molecule has 0 amide bonds. The second-order valence-electron chi connectivity index (χ2n) is 3.84. The number of pyridine rings is 1. The minimum Gasteiger partial charge on any atom is -0.490 e. The van der Waals surface area contributed by atoms with Gasteiger partial charge in [0.25, 0.3) is 5.56 Å². The number of halogens is 1. The van der Waals surface area contributed by atoms with Crippen LogP contribution in [0.1, 0.15) is 5.56 Å². The Hall–Kier alpha value is -1.73. The molecule has 6 nitrogen and oxygen atoms in total. The highest BCUT2D eigenvalue weighted by molar-refractivity contribution is 9.10. The SMILES string of the molecule is NCCOc1cnn(Cc2cncc(Br)c2)c(=O)c1. The fraction of sp³-hybridized carbons (Fsp3) is 0.250. The Morgan fingerprint density at radius 1 is 1.32 bits per heavy atom. The highest BCUT2D eigenvalue weighted by Crippen LogP contribution is 2.10. The molecular formula is C12H13BrN4O2. The van der Waals surface area contributed by atoms with E-state index in [-0.39, 0.29) is 5.56 Å². The Morgan fingerprint density at radius 2 is 2.16 bits per heavy atom. The van der Waals surface area contributed by atoms with Crippen molar-refractivity contribution >= 4 is 15.9 Å². The Bertz CT molecular complexity index is 615. The fourth-order valence-electron chi connectivity index (χ4n) is 1.51. The first-order valence-corrected chi connectivity index (χ1v) is 6.48. The van der Waals surface area contributed by atoms with E-state index >= 15 is 0 Å². The molecule has 0 aliphatic rings. The van der Waals surface area contributed by atoms with E-state index in [0.29, 0.717) is 25.4 Å². The lowest BCUT2D eigenvalue weighted by Gasteiger charge is -2.07. The maximum Gasteiger partial charge on any atom is 0.270 e. The minimum atomic E-state index is -0.227. The van der Waals surface area contributed by atoms with Crippen LogP contribution in [0.25, 0.3) is 0 Å². The number of hydrogen-bond acceptors (Lipinski definition) is 5. The molecule has 0 aliphatic carbocycles. The summed E-state index contributed by atoms with van der Waals surface area (Å²) in [4.78, 5) is 15.9. The van der Waals surface area contributed by atoms with E-state index < -0.39 is 0 Å². The van der Waals surface area contributed by atoms with Crippen LogP contribution in [-0.2, 0) is 6.54 Å². The van der Waals surface area contributed by atoms with Gasteiger partial charge in [-0.25, -0.2) is 4.68 Å². The highest BCUT2D eigenvalue weighted by atomic mass is 79.9. The summed E-state index contributed by atoms with van der Waals surface area (Å²) in [6, 6.07) is 3.29. The number of ether oxygens (including phenoxy) is 1. The molecule has 0 saturated carbocycles. The molecule has 2 rings (SSSR count). The van der Waals surface area contributed by atoms with Crippen LogP contribution in [0.2, 0.25) is 0 Å². The third kappa shape index (κ3) is 3.87. The molecule has 2 N–H and O–H groups in total. The first kappa shape index (κ1) is 13.7. The number of nitrogens with zero attached hydrogens (tertiary/aromatic N) is 3. The Kier molecular flexibility index (Phi) is 4.64. The van der Waals surface area contributed by atoms with Gasteiger partial charge in [0.15, 0.2) is 0 Å². The lowest BCUT2D eigenvalue weighted by molar-refractivity contribution is 0.324. The van der Waals surface area contributed by atoms with Gasteiger partial charge in [-0.1, -0.05) is 0 Å². The topological polar surface area (TPSA) is 83.0 Å². The summed E-state index contributed by atoms with van der Waals surface area (Å²) in [6.07, 6.45) is 4.88.